The number of unbranched alkanes of at least 4 members (excludes halogenated alkanes) is 1. The minimum absolute atomic E-state index is 0.0877. The van der Waals surface area contributed by atoms with E-state index in [9.17, 15) is 24.1 Å². The molecule has 1 heterocycles. The Bertz CT molecular complexity index is 737. The summed E-state index contributed by atoms with van der Waals surface area (Å²) in [5, 5.41) is 18.1. The summed E-state index contributed by atoms with van der Waals surface area (Å²) in [4.78, 5) is 35.8. The Kier molecular flexibility index (Phi) is 8.20. The molecular formula is C19H26NO7P. The largest absolute Gasteiger partial charge is 0.480 e. The quantitative estimate of drug-likeness (QED) is 0.424. The number of aliphatic carboxylic acids is 2. The van der Waals surface area contributed by atoms with Crippen LogP contribution in [0.3, 0.4) is 0 Å². The number of nitrogens with zero attached hydrogens (tertiary/aromatic N) is 1. The van der Waals surface area contributed by atoms with Crippen LogP contribution in [0.15, 0.2) is 30.3 Å². The van der Waals surface area contributed by atoms with Gasteiger partial charge < -0.3 is 19.6 Å². The first kappa shape index (κ1) is 22.1. The Labute approximate surface area is 163 Å². The molecule has 1 aromatic carbocycles. The predicted molar refractivity (Wildman–Crippen MR) is 103 cm³/mol. The third-order valence-electron chi connectivity index (χ3n) is 4.71. The molecule has 0 radical (unpaired) electrons. The zero-order valence-corrected chi connectivity index (χ0v) is 16.6. The molecule has 1 saturated heterocycles. The summed E-state index contributed by atoms with van der Waals surface area (Å²) < 4.78 is 18.2. The minimum atomic E-state index is -3.52. The number of carbonyl (C=O) groups excluding carboxylic acids is 1. The smallest absolute Gasteiger partial charge is 0.330 e. The molecule has 154 valence electrons. The van der Waals surface area contributed by atoms with Gasteiger partial charge in [-0.3, -0.25) is 9.36 Å². The highest BCUT2D eigenvalue weighted by atomic mass is 31.2. The van der Waals surface area contributed by atoms with E-state index >= 15 is 0 Å². The number of aryl methyl sites for hydroxylation is 1. The number of carboxylic acid groups (broad SMARTS) is 2. The van der Waals surface area contributed by atoms with E-state index in [2.05, 4.69) is 0 Å². The van der Waals surface area contributed by atoms with E-state index in [4.69, 9.17) is 9.63 Å². The van der Waals surface area contributed by atoms with Crippen LogP contribution in [-0.2, 0) is 29.9 Å². The van der Waals surface area contributed by atoms with Gasteiger partial charge in [0.05, 0.1) is 0 Å². The van der Waals surface area contributed by atoms with Crippen molar-refractivity contribution in [3.63, 3.8) is 0 Å². The fourth-order valence-corrected chi connectivity index (χ4v) is 5.33. The zero-order valence-electron chi connectivity index (χ0n) is 15.7. The van der Waals surface area contributed by atoms with Crippen LogP contribution in [0, 0.1) is 0 Å². The van der Waals surface area contributed by atoms with Crippen molar-refractivity contribution in [1.29, 1.82) is 0 Å². The highest BCUT2D eigenvalue weighted by Gasteiger charge is 2.37. The number of amides is 1. The fraction of sp³-hybridized carbons (Fsp3) is 0.526. The van der Waals surface area contributed by atoms with Gasteiger partial charge in [0.1, 0.15) is 12.2 Å². The topological polar surface area (TPSA) is 121 Å². The third kappa shape index (κ3) is 6.77. The summed E-state index contributed by atoms with van der Waals surface area (Å²) >= 11 is 0. The molecule has 1 amide bonds. The highest BCUT2D eigenvalue weighted by Crippen LogP contribution is 2.48. The first-order valence-electron chi connectivity index (χ1n) is 9.31. The predicted octanol–water partition coefficient (Wildman–Crippen LogP) is 2.46. The SMILES string of the molecule is O=C(O)COP(=O)(CCCCc1ccccc1)CC(=O)N1CCC[C@H]1C(=O)O. The van der Waals surface area contributed by atoms with E-state index in [1.54, 1.807) is 0 Å². The Hall–Kier alpha value is -2.18. The van der Waals surface area contributed by atoms with Crippen LogP contribution in [0.2, 0.25) is 0 Å². The molecule has 0 aromatic heterocycles. The van der Waals surface area contributed by atoms with E-state index in [1.807, 2.05) is 30.3 Å². The fourth-order valence-electron chi connectivity index (χ4n) is 3.31. The molecular weight excluding hydrogens is 385 g/mol. The summed E-state index contributed by atoms with van der Waals surface area (Å²) in [6.45, 7) is -0.450. The molecule has 0 aliphatic carbocycles. The Morgan fingerprint density at radius 1 is 1.14 bits per heavy atom. The van der Waals surface area contributed by atoms with Crippen LogP contribution in [0.1, 0.15) is 31.2 Å². The lowest BCUT2D eigenvalue weighted by atomic mass is 10.1. The van der Waals surface area contributed by atoms with E-state index in [1.165, 1.54) is 4.90 Å². The number of rotatable bonds is 11. The number of benzene rings is 1. The second-order valence-corrected chi connectivity index (χ2v) is 9.54. The second-order valence-electron chi connectivity index (χ2n) is 6.89. The van der Waals surface area contributed by atoms with Gasteiger partial charge in [0.2, 0.25) is 13.3 Å². The van der Waals surface area contributed by atoms with Crippen molar-refractivity contribution < 1.29 is 33.7 Å². The molecule has 0 bridgehead atoms. The normalized spacial score (nSPS) is 18.6. The van der Waals surface area contributed by atoms with E-state index in [-0.39, 0.29) is 6.16 Å². The van der Waals surface area contributed by atoms with Gasteiger partial charge in [-0.25, -0.2) is 9.59 Å². The molecule has 0 saturated carbocycles. The number of hydrogen-bond acceptors (Lipinski definition) is 5. The number of carbonyl (C=O) groups is 3. The summed E-state index contributed by atoms with van der Waals surface area (Å²) in [7, 11) is -3.52. The van der Waals surface area contributed by atoms with Crippen LogP contribution in [0.25, 0.3) is 0 Å². The first-order valence-corrected chi connectivity index (χ1v) is 11.3. The van der Waals surface area contributed by atoms with Crippen molar-refractivity contribution in [2.75, 3.05) is 25.5 Å². The van der Waals surface area contributed by atoms with Crippen LogP contribution < -0.4 is 0 Å². The number of hydrogen-bond donors (Lipinski definition) is 2. The van der Waals surface area contributed by atoms with Gasteiger partial charge in [-0.2, -0.15) is 0 Å². The van der Waals surface area contributed by atoms with Crippen LogP contribution in [-0.4, -0.2) is 64.5 Å². The zero-order chi connectivity index (χ0) is 20.6. The lowest BCUT2D eigenvalue weighted by Gasteiger charge is -2.24. The Morgan fingerprint density at radius 3 is 2.50 bits per heavy atom. The summed E-state index contributed by atoms with van der Waals surface area (Å²) in [6, 6.07) is 8.85. The highest BCUT2D eigenvalue weighted by molar-refractivity contribution is 7.59. The average Bonchev–Trinajstić information content (AvgIpc) is 3.15. The Morgan fingerprint density at radius 2 is 1.86 bits per heavy atom. The summed E-state index contributed by atoms with van der Waals surface area (Å²) in [5.41, 5.74) is 1.14. The number of carboxylic acids is 2. The van der Waals surface area contributed by atoms with Crippen molar-refractivity contribution >= 4 is 25.2 Å². The van der Waals surface area contributed by atoms with Crippen molar-refractivity contribution in [3.8, 4) is 0 Å². The maximum absolute atomic E-state index is 13.1. The molecule has 2 rings (SSSR count). The molecule has 8 nitrogen and oxygen atoms in total. The lowest BCUT2D eigenvalue weighted by molar-refractivity contribution is -0.147. The molecule has 9 heteroatoms. The van der Waals surface area contributed by atoms with Gasteiger partial charge in [-0.1, -0.05) is 30.3 Å². The lowest BCUT2D eigenvalue weighted by Crippen LogP contribution is -2.42. The molecule has 0 spiro atoms. The maximum Gasteiger partial charge on any atom is 0.330 e. The summed E-state index contributed by atoms with van der Waals surface area (Å²) in [5.74, 6) is -2.90. The van der Waals surface area contributed by atoms with E-state index in [0.717, 1.165) is 18.4 Å². The molecule has 1 aliphatic rings. The van der Waals surface area contributed by atoms with Gasteiger partial charge in [0, 0.05) is 12.7 Å². The Balaban J connectivity index is 1.94. The summed E-state index contributed by atoms with van der Waals surface area (Å²) in [6.07, 6.45) is 2.57. The van der Waals surface area contributed by atoms with Crippen LogP contribution in [0.4, 0.5) is 0 Å². The monoisotopic (exact) mass is 411 g/mol. The molecule has 1 aliphatic heterocycles. The molecule has 2 N–H and O–H groups in total. The van der Waals surface area contributed by atoms with Crippen LogP contribution in [0.5, 0.6) is 0 Å². The average molecular weight is 411 g/mol. The van der Waals surface area contributed by atoms with Crippen LogP contribution >= 0.6 is 7.37 Å². The van der Waals surface area contributed by atoms with Gasteiger partial charge in [-0.15, -0.1) is 0 Å². The van der Waals surface area contributed by atoms with Crippen molar-refractivity contribution in [1.82, 2.24) is 4.90 Å². The molecule has 1 unspecified atom stereocenters. The van der Waals surface area contributed by atoms with Crippen molar-refractivity contribution in [2.24, 2.45) is 0 Å². The molecule has 2 atom stereocenters. The molecule has 1 aromatic rings. The van der Waals surface area contributed by atoms with E-state index in [0.29, 0.717) is 25.8 Å². The number of likely N-dealkylation sites (tertiary alicyclic amines) is 1. The van der Waals surface area contributed by atoms with Gasteiger partial charge in [0.15, 0.2) is 6.61 Å². The van der Waals surface area contributed by atoms with Gasteiger partial charge >= 0.3 is 11.9 Å². The van der Waals surface area contributed by atoms with Crippen molar-refractivity contribution in [2.45, 2.75) is 38.1 Å². The standard InChI is InChI=1S/C19H26NO7P/c21-17(20-11-6-10-16(20)19(24)25)14-28(26,27-13-18(22)23)12-5-4-9-15-7-2-1-3-8-15/h1-3,7-8,16H,4-6,9-14H2,(H,22,23)(H,24,25)/t16-,28?/m0/s1. The third-order valence-corrected chi connectivity index (χ3v) is 7.06. The molecule has 28 heavy (non-hydrogen) atoms. The maximum atomic E-state index is 13.1. The second kappa shape index (κ2) is 10.4. The molecule has 1 fully saturated rings. The van der Waals surface area contributed by atoms with Gasteiger partial charge in [-0.05, 0) is 37.7 Å². The first-order chi connectivity index (χ1) is 13.3. The van der Waals surface area contributed by atoms with E-state index < -0.39 is 44.0 Å². The van der Waals surface area contributed by atoms with Gasteiger partial charge in [0.25, 0.3) is 0 Å². The minimum Gasteiger partial charge on any atom is -0.480 e. The van der Waals surface area contributed by atoms with Crippen molar-refractivity contribution in [3.05, 3.63) is 35.9 Å².